The fraction of sp³-hybridized carbons (Fsp3) is 0.136. The predicted molar refractivity (Wildman–Crippen MR) is 120 cm³/mol. The summed E-state index contributed by atoms with van der Waals surface area (Å²) >= 11 is 5.92. The smallest absolute Gasteiger partial charge is 0.333 e. The molecule has 0 saturated heterocycles. The average Bonchev–Trinajstić information content (AvgIpc) is 2.81. The number of halogens is 1. The van der Waals surface area contributed by atoms with Crippen LogP contribution in [0, 0.1) is 0 Å². The topological polar surface area (TPSA) is 108 Å². The predicted octanol–water partition coefficient (Wildman–Crippen LogP) is 2.30. The van der Waals surface area contributed by atoms with Crippen molar-refractivity contribution < 1.29 is 9.53 Å². The van der Waals surface area contributed by atoms with Gasteiger partial charge in [-0.3, -0.25) is 18.7 Å². The van der Waals surface area contributed by atoms with Crippen molar-refractivity contribution in [2.45, 2.75) is 13.1 Å². The van der Waals surface area contributed by atoms with Crippen LogP contribution in [0.3, 0.4) is 0 Å². The minimum absolute atomic E-state index is 0.00144. The lowest BCUT2D eigenvalue weighted by atomic mass is 10.2. The summed E-state index contributed by atoms with van der Waals surface area (Å²) in [5.41, 5.74) is 0.0283. The molecular formula is C22H18ClN5O4. The first kappa shape index (κ1) is 21.3. The molecular weight excluding hydrogens is 434 g/mol. The molecule has 1 N–H and O–H groups in total. The largest absolute Gasteiger partial charge is 0.497 e. The highest BCUT2D eigenvalue weighted by Crippen LogP contribution is 2.15. The molecule has 4 aromatic rings. The summed E-state index contributed by atoms with van der Waals surface area (Å²) < 4.78 is 7.27. The van der Waals surface area contributed by atoms with Crippen LogP contribution in [0.1, 0.15) is 5.56 Å². The molecule has 0 atom stereocenters. The van der Waals surface area contributed by atoms with Crippen LogP contribution in [-0.4, -0.2) is 32.1 Å². The van der Waals surface area contributed by atoms with Gasteiger partial charge in [0.25, 0.3) is 5.56 Å². The number of rotatable bonds is 6. The van der Waals surface area contributed by atoms with Gasteiger partial charge in [0.15, 0.2) is 11.2 Å². The zero-order valence-corrected chi connectivity index (χ0v) is 17.7. The minimum atomic E-state index is -0.664. The molecule has 0 aliphatic carbocycles. The molecule has 4 rings (SSSR count). The van der Waals surface area contributed by atoms with E-state index in [0.717, 1.165) is 9.13 Å². The third-order valence-corrected chi connectivity index (χ3v) is 5.03. The van der Waals surface area contributed by atoms with E-state index in [1.165, 1.54) is 12.4 Å². The Morgan fingerprint density at radius 3 is 2.38 bits per heavy atom. The van der Waals surface area contributed by atoms with E-state index in [-0.39, 0.29) is 24.3 Å². The number of benzene rings is 2. The van der Waals surface area contributed by atoms with Crippen LogP contribution in [0.15, 0.2) is 70.5 Å². The monoisotopic (exact) mass is 451 g/mol. The first-order valence-electron chi connectivity index (χ1n) is 9.59. The number of hydrogen-bond acceptors (Lipinski definition) is 6. The molecule has 0 fully saturated rings. The summed E-state index contributed by atoms with van der Waals surface area (Å²) in [6.45, 7) is -0.345. The number of ether oxygens (including phenoxy) is 1. The second-order valence-corrected chi connectivity index (χ2v) is 7.33. The third-order valence-electron chi connectivity index (χ3n) is 4.77. The fourth-order valence-electron chi connectivity index (χ4n) is 3.20. The second-order valence-electron chi connectivity index (χ2n) is 6.89. The van der Waals surface area contributed by atoms with Gasteiger partial charge in [0, 0.05) is 23.1 Å². The number of methoxy groups -OCH3 is 1. The van der Waals surface area contributed by atoms with Gasteiger partial charge >= 0.3 is 5.69 Å². The zero-order chi connectivity index (χ0) is 22.7. The van der Waals surface area contributed by atoms with Gasteiger partial charge in [0.2, 0.25) is 5.91 Å². The Balaban J connectivity index is 1.71. The molecule has 2 aromatic heterocycles. The zero-order valence-electron chi connectivity index (χ0n) is 17.0. The summed E-state index contributed by atoms with van der Waals surface area (Å²) in [7, 11) is 1.55. The quantitative estimate of drug-likeness (QED) is 0.482. The molecule has 0 spiro atoms. The molecule has 0 aliphatic rings. The molecule has 162 valence electrons. The normalized spacial score (nSPS) is 10.8. The standard InChI is InChI=1S/C22H18ClN5O4/c1-32-17-8-6-16(7-9-17)26-18(29)13-27-20-19(24-10-11-25-20)21(30)28(22(27)31)12-14-2-4-15(23)5-3-14/h2-11H,12-13H2,1H3,(H,26,29). The molecule has 0 radical (unpaired) electrons. The number of nitrogens with zero attached hydrogens (tertiary/aromatic N) is 4. The average molecular weight is 452 g/mol. The first-order chi connectivity index (χ1) is 15.5. The lowest BCUT2D eigenvalue weighted by molar-refractivity contribution is -0.116. The Labute approximate surface area is 186 Å². The van der Waals surface area contributed by atoms with E-state index in [0.29, 0.717) is 22.0 Å². The minimum Gasteiger partial charge on any atom is -0.497 e. The number of nitrogens with one attached hydrogen (secondary N) is 1. The maximum Gasteiger partial charge on any atom is 0.333 e. The molecule has 2 aromatic carbocycles. The maximum absolute atomic E-state index is 13.2. The van der Waals surface area contributed by atoms with Crippen molar-refractivity contribution in [3.8, 4) is 5.75 Å². The number of anilines is 1. The van der Waals surface area contributed by atoms with E-state index < -0.39 is 17.2 Å². The van der Waals surface area contributed by atoms with E-state index in [1.807, 2.05) is 0 Å². The lowest BCUT2D eigenvalue weighted by Gasteiger charge is -2.13. The van der Waals surface area contributed by atoms with Crippen molar-refractivity contribution in [1.82, 2.24) is 19.1 Å². The van der Waals surface area contributed by atoms with Crippen LogP contribution < -0.4 is 21.3 Å². The second kappa shape index (κ2) is 9.03. The van der Waals surface area contributed by atoms with Crippen LogP contribution in [0.25, 0.3) is 11.2 Å². The highest BCUT2D eigenvalue weighted by atomic mass is 35.5. The van der Waals surface area contributed by atoms with Crippen molar-refractivity contribution >= 4 is 34.4 Å². The van der Waals surface area contributed by atoms with Gasteiger partial charge < -0.3 is 10.1 Å². The van der Waals surface area contributed by atoms with Gasteiger partial charge in [-0.15, -0.1) is 0 Å². The molecule has 1 amide bonds. The van der Waals surface area contributed by atoms with Gasteiger partial charge in [-0.05, 0) is 42.0 Å². The molecule has 0 bridgehead atoms. The van der Waals surface area contributed by atoms with Crippen molar-refractivity contribution in [3.63, 3.8) is 0 Å². The number of aromatic nitrogens is 4. The van der Waals surface area contributed by atoms with E-state index in [4.69, 9.17) is 16.3 Å². The van der Waals surface area contributed by atoms with Gasteiger partial charge in [0.1, 0.15) is 12.3 Å². The molecule has 9 nitrogen and oxygen atoms in total. The molecule has 0 saturated carbocycles. The van der Waals surface area contributed by atoms with Crippen molar-refractivity contribution in [2.75, 3.05) is 12.4 Å². The first-order valence-corrected chi connectivity index (χ1v) is 9.97. The number of hydrogen-bond donors (Lipinski definition) is 1. The molecule has 0 unspecified atom stereocenters. The third kappa shape index (κ3) is 4.37. The summed E-state index contributed by atoms with van der Waals surface area (Å²) in [4.78, 5) is 47.0. The molecule has 32 heavy (non-hydrogen) atoms. The lowest BCUT2D eigenvalue weighted by Crippen LogP contribution is -2.42. The highest BCUT2D eigenvalue weighted by Gasteiger charge is 2.17. The van der Waals surface area contributed by atoms with Crippen LogP contribution >= 0.6 is 11.6 Å². The van der Waals surface area contributed by atoms with Crippen LogP contribution in [-0.2, 0) is 17.9 Å². The van der Waals surface area contributed by atoms with Crippen molar-refractivity contribution in [3.05, 3.63) is 92.3 Å². The number of amides is 1. The summed E-state index contributed by atoms with van der Waals surface area (Å²) in [5.74, 6) is 0.190. The fourth-order valence-corrected chi connectivity index (χ4v) is 3.33. The number of fused-ring (bicyclic) bond motifs is 1. The molecule has 0 aliphatic heterocycles. The van der Waals surface area contributed by atoms with Crippen LogP contribution in [0.2, 0.25) is 5.02 Å². The molecule has 10 heteroatoms. The molecule has 2 heterocycles. The Bertz CT molecular complexity index is 1400. The summed E-state index contributed by atoms with van der Waals surface area (Å²) in [6, 6.07) is 13.5. The van der Waals surface area contributed by atoms with Gasteiger partial charge in [-0.2, -0.15) is 0 Å². The van der Waals surface area contributed by atoms with Crippen molar-refractivity contribution in [2.24, 2.45) is 0 Å². The van der Waals surface area contributed by atoms with Gasteiger partial charge in [-0.1, -0.05) is 23.7 Å². The van der Waals surface area contributed by atoms with Crippen molar-refractivity contribution in [1.29, 1.82) is 0 Å². The van der Waals surface area contributed by atoms with Gasteiger partial charge in [0.05, 0.1) is 13.7 Å². The van der Waals surface area contributed by atoms with E-state index in [1.54, 1.807) is 55.6 Å². The Kier molecular flexibility index (Phi) is 6.00. The van der Waals surface area contributed by atoms with E-state index in [2.05, 4.69) is 15.3 Å². The maximum atomic E-state index is 13.2. The summed E-state index contributed by atoms with van der Waals surface area (Å²) in [5, 5.41) is 3.26. The number of carbonyl (C=O) groups excluding carboxylic acids is 1. The summed E-state index contributed by atoms with van der Waals surface area (Å²) in [6.07, 6.45) is 2.73. The Morgan fingerprint density at radius 2 is 1.69 bits per heavy atom. The Morgan fingerprint density at radius 1 is 1.00 bits per heavy atom. The van der Waals surface area contributed by atoms with Crippen LogP contribution in [0.4, 0.5) is 5.69 Å². The van der Waals surface area contributed by atoms with E-state index >= 15 is 0 Å². The van der Waals surface area contributed by atoms with Gasteiger partial charge in [-0.25, -0.2) is 14.8 Å². The number of carbonyl (C=O) groups is 1. The van der Waals surface area contributed by atoms with Crippen LogP contribution in [0.5, 0.6) is 5.75 Å². The Hall–Kier alpha value is -3.98. The highest BCUT2D eigenvalue weighted by molar-refractivity contribution is 6.30. The SMILES string of the molecule is COc1ccc(NC(=O)Cn2c(=O)n(Cc3ccc(Cl)cc3)c(=O)c3nccnc32)cc1. The van der Waals surface area contributed by atoms with E-state index in [9.17, 15) is 14.4 Å².